The summed E-state index contributed by atoms with van der Waals surface area (Å²) >= 11 is 0. The van der Waals surface area contributed by atoms with Crippen LogP contribution in [0.1, 0.15) is 39.0 Å². The molecule has 0 heterocycles. The molecule has 2 fully saturated rings. The topological polar surface area (TPSA) is 46.6 Å². The van der Waals surface area contributed by atoms with Gasteiger partial charge in [0, 0.05) is 25.5 Å². The molecule has 2 rings (SSSR count). The van der Waals surface area contributed by atoms with E-state index in [0.29, 0.717) is 11.7 Å². The molecule has 2 aliphatic carbocycles. The van der Waals surface area contributed by atoms with Crippen LogP contribution in [0.5, 0.6) is 0 Å². The lowest BCUT2D eigenvalue weighted by molar-refractivity contribution is -0.162. The van der Waals surface area contributed by atoms with Crippen molar-refractivity contribution >= 4 is 11.7 Å². The number of fused-ring (bicyclic) bond motifs is 1. The monoisotopic (exact) mass is 291 g/mol. The predicted molar refractivity (Wildman–Crippen MR) is 81.2 cm³/mol. The summed E-state index contributed by atoms with van der Waals surface area (Å²) in [6.07, 6.45) is 8.01. The van der Waals surface area contributed by atoms with Crippen LogP contribution in [0.25, 0.3) is 0 Å². The van der Waals surface area contributed by atoms with Crippen LogP contribution in [-0.2, 0) is 14.4 Å². The van der Waals surface area contributed by atoms with Crippen LogP contribution < -0.4 is 0 Å². The Bertz CT molecular complexity index is 482. The van der Waals surface area contributed by atoms with Gasteiger partial charge in [-0.3, -0.25) is 14.4 Å². The smallest absolute Gasteiger partial charge is 0.269 e. The summed E-state index contributed by atoms with van der Waals surface area (Å²) in [7, 11) is 3.03. The van der Waals surface area contributed by atoms with Crippen LogP contribution in [0.15, 0.2) is 24.3 Å². The fraction of sp³-hybridized carbons (Fsp3) is 0.647. The zero-order valence-electron chi connectivity index (χ0n) is 13.2. The molecule has 0 aromatic rings. The molecule has 3 atom stereocenters. The Hall–Kier alpha value is -1.42. The normalized spacial score (nSPS) is 32.2. The van der Waals surface area contributed by atoms with Gasteiger partial charge in [0.2, 0.25) is 0 Å². The molecular weight excluding hydrogens is 266 g/mol. The molecule has 2 aliphatic rings. The first-order chi connectivity index (χ1) is 9.90. The fourth-order valence-corrected chi connectivity index (χ4v) is 4.03. The van der Waals surface area contributed by atoms with Gasteiger partial charge in [0.1, 0.15) is 5.78 Å². The van der Waals surface area contributed by atoms with Crippen molar-refractivity contribution < 1.29 is 14.4 Å². The van der Waals surface area contributed by atoms with E-state index in [-0.39, 0.29) is 17.2 Å². The first kappa shape index (κ1) is 16.0. The number of Topliss-reactive ketones (excluding diaryl/α,β-unsaturated/α-hetero) is 1. The molecule has 116 valence electrons. The minimum absolute atomic E-state index is 0.0208. The lowest BCUT2D eigenvalue weighted by Gasteiger charge is -2.40. The third kappa shape index (κ3) is 2.95. The molecule has 21 heavy (non-hydrogen) atoms. The SMILES string of the molecule is C=C(/C=C/C(=O)N(C)OC)[C@H]1CC[C@H]2C(=O)CCC[C@]12C. The second kappa shape index (κ2) is 6.14. The number of allylic oxidation sites excluding steroid dienone is 2. The second-order valence-electron chi connectivity index (χ2n) is 6.43. The summed E-state index contributed by atoms with van der Waals surface area (Å²) in [4.78, 5) is 28.7. The molecule has 0 N–H and O–H groups in total. The van der Waals surface area contributed by atoms with E-state index >= 15 is 0 Å². The van der Waals surface area contributed by atoms with Gasteiger partial charge in [0.05, 0.1) is 7.11 Å². The van der Waals surface area contributed by atoms with E-state index in [1.54, 1.807) is 13.1 Å². The van der Waals surface area contributed by atoms with Gasteiger partial charge < -0.3 is 0 Å². The number of likely N-dealkylation sites (N-methyl/N-ethyl adjacent to an activating group) is 1. The number of hydrogen-bond donors (Lipinski definition) is 0. The molecular formula is C17H25NO3. The van der Waals surface area contributed by atoms with Crippen LogP contribution in [0.3, 0.4) is 0 Å². The molecule has 4 heteroatoms. The molecule has 0 aromatic carbocycles. The van der Waals surface area contributed by atoms with Crippen molar-refractivity contribution in [3.05, 3.63) is 24.3 Å². The molecule has 0 saturated heterocycles. The van der Waals surface area contributed by atoms with Gasteiger partial charge in [0.15, 0.2) is 0 Å². The van der Waals surface area contributed by atoms with Crippen molar-refractivity contribution in [1.82, 2.24) is 5.06 Å². The quantitative estimate of drug-likeness (QED) is 0.454. The molecule has 4 nitrogen and oxygen atoms in total. The van der Waals surface area contributed by atoms with Crippen LogP contribution >= 0.6 is 0 Å². The van der Waals surface area contributed by atoms with E-state index in [2.05, 4.69) is 13.5 Å². The molecule has 1 amide bonds. The number of rotatable bonds is 4. The number of ketones is 1. The highest BCUT2D eigenvalue weighted by Gasteiger charge is 2.51. The van der Waals surface area contributed by atoms with Gasteiger partial charge in [-0.2, -0.15) is 0 Å². The number of carbonyl (C=O) groups excluding carboxylic acids is 2. The Labute approximate surface area is 126 Å². The first-order valence-corrected chi connectivity index (χ1v) is 7.61. The minimum atomic E-state index is -0.210. The van der Waals surface area contributed by atoms with Crippen LogP contribution in [0, 0.1) is 17.3 Å². The lowest BCUT2D eigenvalue weighted by atomic mass is 9.63. The zero-order valence-corrected chi connectivity index (χ0v) is 13.2. The Balaban J connectivity index is 2.08. The average Bonchev–Trinajstić information content (AvgIpc) is 2.82. The number of amides is 1. The van der Waals surface area contributed by atoms with E-state index < -0.39 is 0 Å². The van der Waals surface area contributed by atoms with Gasteiger partial charge in [-0.25, -0.2) is 5.06 Å². The number of hydrogen-bond acceptors (Lipinski definition) is 3. The van der Waals surface area contributed by atoms with E-state index in [0.717, 1.165) is 37.7 Å². The highest BCUT2D eigenvalue weighted by Crippen LogP contribution is 2.56. The van der Waals surface area contributed by atoms with Gasteiger partial charge in [0.25, 0.3) is 5.91 Å². The Kier molecular flexibility index (Phi) is 4.67. The van der Waals surface area contributed by atoms with E-state index in [9.17, 15) is 9.59 Å². The van der Waals surface area contributed by atoms with Crippen molar-refractivity contribution in [3.63, 3.8) is 0 Å². The van der Waals surface area contributed by atoms with Crippen LogP contribution in [-0.4, -0.2) is 30.9 Å². The Morgan fingerprint density at radius 2 is 2.14 bits per heavy atom. The highest BCUT2D eigenvalue weighted by molar-refractivity contribution is 5.87. The fourth-order valence-electron chi connectivity index (χ4n) is 4.03. The summed E-state index contributed by atoms with van der Waals surface area (Å²) in [5, 5.41) is 1.17. The van der Waals surface area contributed by atoms with Gasteiger partial charge in [-0.15, -0.1) is 0 Å². The highest BCUT2D eigenvalue weighted by atomic mass is 16.7. The van der Waals surface area contributed by atoms with E-state index in [1.807, 2.05) is 0 Å². The van der Waals surface area contributed by atoms with E-state index in [4.69, 9.17) is 4.84 Å². The summed E-state index contributed by atoms with van der Waals surface area (Å²) in [6, 6.07) is 0. The van der Waals surface area contributed by atoms with Crippen molar-refractivity contribution in [1.29, 1.82) is 0 Å². The van der Waals surface area contributed by atoms with Gasteiger partial charge in [-0.1, -0.05) is 25.2 Å². The van der Waals surface area contributed by atoms with Crippen molar-refractivity contribution in [2.75, 3.05) is 14.2 Å². The molecule has 0 unspecified atom stereocenters. The number of carbonyl (C=O) groups is 2. The standard InChI is InChI=1S/C17H25NO3/c1-12(7-10-16(20)18(3)21-4)13-8-9-14-15(19)6-5-11-17(13,14)2/h7,10,13-14H,1,5-6,8-9,11H2,2-4H3/b10-7+/t13-,14+,17-/m1/s1. The Morgan fingerprint density at radius 1 is 1.43 bits per heavy atom. The van der Waals surface area contributed by atoms with Crippen molar-refractivity contribution in [2.24, 2.45) is 17.3 Å². The maximum absolute atomic E-state index is 12.1. The van der Waals surface area contributed by atoms with Gasteiger partial charge in [-0.05, 0) is 37.0 Å². The summed E-state index contributed by atoms with van der Waals surface area (Å²) < 4.78 is 0. The Morgan fingerprint density at radius 3 is 2.81 bits per heavy atom. The maximum atomic E-state index is 12.1. The van der Waals surface area contributed by atoms with Crippen LogP contribution in [0.4, 0.5) is 0 Å². The number of hydroxylamine groups is 2. The molecule has 0 aliphatic heterocycles. The molecule has 0 bridgehead atoms. The number of nitrogens with zero attached hydrogens (tertiary/aromatic N) is 1. The molecule has 0 spiro atoms. The lowest BCUT2D eigenvalue weighted by Crippen LogP contribution is -2.37. The van der Waals surface area contributed by atoms with Crippen molar-refractivity contribution in [3.8, 4) is 0 Å². The van der Waals surface area contributed by atoms with Gasteiger partial charge >= 0.3 is 0 Å². The summed E-state index contributed by atoms with van der Waals surface area (Å²) in [6.45, 7) is 6.36. The largest absolute Gasteiger partial charge is 0.299 e. The zero-order chi connectivity index (χ0) is 15.6. The average molecular weight is 291 g/mol. The second-order valence-corrected chi connectivity index (χ2v) is 6.43. The third-order valence-corrected chi connectivity index (χ3v) is 5.34. The predicted octanol–water partition coefficient (Wildman–Crippen LogP) is 2.90. The third-order valence-electron chi connectivity index (χ3n) is 5.34. The van der Waals surface area contributed by atoms with Crippen molar-refractivity contribution in [2.45, 2.75) is 39.0 Å². The maximum Gasteiger partial charge on any atom is 0.269 e. The molecule has 0 aromatic heterocycles. The van der Waals surface area contributed by atoms with Crippen LogP contribution in [0.2, 0.25) is 0 Å². The molecule has 0 radical (unpaired) electrons. The van der Waals surface area contributed by atoms with E-state index in [1.165, 1.54) is 18.2 Å². The molecule has 2 saturated carbocycles. The summed E-state index contributed by atoms with van der Waals surface area (Å²) in [5.41, 5.74) is 0.972. The first-order valence-electron chi connectivity index (χ1n) is 7.61. The summed E-state index contributed by atoms with van der Waals surface area (Å²) in [5.74, 6) is 0.679. The minimum Gasteiger partial charge on any atom is -0.299 e.